The lowest BCUT2D eigenvalue weighted by molar-refractivity contribution is -0.164. The molecule has 1 aliphatic rings. The van der Waals surface area contributed by atoms with Crippen LogP contribution in [-0.2, 0) is 30.3 Å². The van der Waals surface area contributed by atoms with E-state index < -0.39 is 17.5 Å². The molecule has 1 aromatic carbocycles. The molecule has 0 radical (unpaired) electrons. The van der Waals surface area contributed by atoms with Gasteiger partial charge in [0.05, 0.1) is 0 Å². The zero-order chi connectivity index (χ0) is 16.9. The van der Waals surface area contributed by atoms with Crippen LogP contribution in [-0.4, -0.2) is 30.8 Å². The van der Waals surface area contributed by atoms with E-state index in [0.717, 1.165) is 5.56 Å². The molecule has 1 aromatic rings. The summed E-state index contributed by atoms with van der Waals surface area (Å²) in [5, 5.41) is 0. The number of hydrogen-bond donors (Lipinski definition) is 1. The van der Waals surface area contributed by atoms with Crippen molar-refractivity contribution >= 4 is 11.9 Å². The molecule has 1 aliphatic heterocycles. The first-order valence-corrected chi connectivity index (χ1v) is 7.05. The van der Waals surface area contributed by atoms with Gasteiger partial charge in [-0.2, -0.15) is 0 Å². The van der Waals surface area contributed by atoms with Gasteiger partial charge in [-0.25, -0.2) is 4.39 Å². The number of hydroxylamine groups is 1. The summed E-state index contributed by atoms with van der Waals surface area (Å²) in [7, 11) is 0. The van der Waals surface area contributed by atoms with Crippen LogP contribution in [0.15, 0.2) is 36.0 Å². The summed E-state index contributed by atoms with van der Waals surface area (Å²) in [4.78, 5) is 27.5. The minimum atomic E-state index is -1.08. The van der Waals surface area contributed by atoms with Crippen LogP contribution < -0.4 is 5.48 Å². The summed E-state index contributed by atoms with van der Waals surface area (Å²) in [5.41, 5.74) is 3.25. The first kappa shape index (κ1) is 17.0. The zero-order valence-corrected chi connectivity index (χ0v) is 12.9. The normalized spacial score (nSPS) is 15.5. The van der Waals surface area contributed by atoms with Crippen molar-refractivity contribution in [3.8, 4) is 0 Å². The number of ether oxygens (including phenoxy) is 2. The van der Waals surface area contributed by atoms with E-state index in [9.17, 15) is 14.0 Å². The summed E-state index contributed by atoms with van der Waals surface area (Å²) in [6, 6.07) is 6.07. The fraction of sp³-hybridized carbons (Fsp3) is 0.375. The second kappa shape index (κ2) is 7.23. The van der Waals surface area contributed by atoms with Crippen molar-refractivity contribution in [2.45, 2.75) is 25.9 Å². The van der Waals surface area contributed by atoms with Crippen LogP contribution in [0.5, 0.6) is 0 Å². The predicted molar refractivity (Wildman–Crippen MR) is 78.4 cm³/mol. The number of halogens is 1. The maximum Gasteiger partial charge on any atom is 0.302 e. The van der Waals surface area contributed by atoms with Gasteiger partial charge in [0.15, 0.2) is 5.60 Å². The van der Waals surface area contributed by atoms with E-state index in [1.165, 1.54) is 26.0 Å². The number of esters is 2. The van der Waals surface area contributed by atoms with Crippen LogP contribution in [0.2, 0.25) is 0 Å². The second-order valence-electron chi connectivity index (χ2n) is 5.30. The van der Waals surface area contributed by atoms with Crippen molar-refractivity contribution in [2.24, 2.45) is 0 Å². The summed E-state index contributed by atoms with van der Waals surface area (Å²) in [6.07, 6.45) is 2.18. The lowest BCUT2D eigenvalue weighted by Crippen LogP contribution is -2.41. The second-order valence-corrected chi connectivity index (χ2v) is 5.30. The number of hydrogen-bond acceptors (Lipinski definition) is 6. The molecule has 0 atom stereocenters. The number of nitrogens with one attached hydrogen (secondary N) is 1. The van der Waals surface area contributed by atoms with Crippen molar-refractivity contribution < 1.29 is 28.3 Å². The first-order chi connectivity index (χ1) is 10.9. The molecule has 0 saturated heterocycles. The third-order valence-electron chi connectivity index (χ3n) is 3.17. The molecule has 124 valence electrons. The molecule has 0 saturated carbocycles. The van der Waals surface area contributed by atoms with E-state index in [-0.39, 0.29) is 19.0 Å². The molecule has 0 spiro atoms. The maximum absolute atomic E-state index is 12.9. The van der Waals surface area contributed by atoms with Crippen molar-refractivity contribution in [1.82, 2.24) is 5.48 Å². The molecular formula is C16H18FNO5. The van der Waals surface area contributed by atoms with Gasteiger partial charge in [0.2, 0.25) is 0 Å². The Labute approximate surface area is 133 Å². The van der Waals surface area contributed by atoms with Gasteiger partial charge in [-0.3, -0.25) is 19.9 Å². The molecule has 0 fully saturated rings. The highest BCUT2D eigenvalue weighted by atomic mass is 19.1. The number of benzene rings is 1. The first-order valence-electron chi connectivity index (χ1n) is 7.05. The Kier molecular flexibility index (Phi) is 5.33. The Morgan fingerprint density at radius 3 is 2.22 bits per heavy atom. The van der Waals surface area contributed by atoms with Crippen LogP contribution in [0.4, 0.5) is 4.39 Å². The van der Waals surface area contributed by atoms with Gasteiger partial charge in [-0.05, 0) is 23.8 Å². The standard InChI is InChI=1S/C16H18FNO5/c1-11(19)21-9-16(10-22-12(2)20)8-15(18-23-16)7-13-3-5-14(17)6-4-13/h3-6,8,18H,7,9-10H2,1-2H3. The van der Waals surface area contributed by atoms with Crippen molar-refractivity contribution in [3.63, 3.8) is 0 Å². The van der Waals surface area contributed by atoms with Crippen LogP contribution >= 0.6 is 0 Å². The predicted octanol–water partition coefficient (Wildman–Crippen LogP) is 1.65. The van der Waals surface area contributed by atoms with Crippen LogP contribution in [0.3, 0.4) is 0 Å². The third kappa shape index (κ3) is 5.07. The van der Waals surface area contributed by atoms with Gasteiger partial charge in [-0.1, -0.05) is 12.1 Å². The van der Waals surface area contributed by atoms with Gasteiger partial charge in [0, 0.05) is 26.0 Å². The SMILES string of the molecule is CC(=O)OCC1(COC(C)=O)C=C(Cc2ccc(F)cc2)NO1. The number of rotatable bonds is 6. The Hall–Kier alpha value is -2.41. The highest BCUT2D eigenvalue weighted by molar-refractivity contribution is 5.66. The van der Waals surface area contributed by atoms with E-state index in [0.29, 0.717) is 12.1 Å². The molecule has 1 N–H and O–H groups in total. The molecule has 7 heteroatoms. The van der Waals surface area contributed by atoms with E-state index >= 15 is 0 Å². The van der Waals surface area contributed by atoms with Gasteiger partial charge in [0.25, 0.3) is 0 Å². The maximum atomic E-state index is 12.9. The Morgan fingerprint density at radius 2 is 1.70 bits per heavy atom. The fourth-order valence-corrected chi connectivity index (χ4v) is 2.08. The van der Waals surface area contributed by atoms with E-state index in [4.69, 9.17) is 14.3 Å². The summed E-state index contributed by atoms with van der Waals surface area (Å²) >= 11 is 0. The molecule has 6 nitrogen and oxygen atoms in total. The molecule has 23 heavy (non-hydrogen) atoms. The molecular weight excluding hydrogens is 305 g/mol. The van der Waals surface area contributed by atoms with E-state index in [2.05, 4.69) is 5.48 Å². The molecule has 0 aliphatic carbocycles. The number of allylic oxidation sites excluding steroid dienone is 1. The molecule has 0 bridgehead atoms. The van der Waals surface area contributed by atoms with Crippen LogP contribution in [0.25, 0.3) is 0 Å². The molecule has 0 amide bonds. The molecule has 1 heterocycles. The largest absolute Gasteiger partial charge is 0.462 e. The third-order valence-corrected chi connectivity index (χ3v) is 3.17. The van der Waals surface area contributed by atoms with E-state index in [1.54, 1.807) is 18.2 Å². The lowest BCUT2D eigenvalue weighted by atomic mass is 10.0. The van der Waals surface area contributed by atoms with Crippen molar-refractivity contribution in [2.75, 3.05) is 13.2 Å². The molecule has 0 aromatic heterocycles. The quantitative estimate of drug-likeness (QED) is 0.803. The highest BCUT2D eigenvalue weighted by Gasteiger charge is 2.38. The lowest BCUT2D eigenvalue weighted by Gasteiger charge is -2.23. The Balaban J connectivity index is 2.09. The summed E-state index contributed by atoms with van der Waals surface area (Å²) < 4.78 is 22.9. The molecule has 2 rings (SSSR count). The monoisotopic (exact) mass is 323 g/mol. The Bertz CT molecular complexity index is 593. The minimum Gasteiger partial charge on any atom is -0.462 e. The number of carbonyl (C=O) groups is 2. The van der Waals surface area contributed by atoms with Crippen LogP contribution in [0, 0.1) is 5.82 Å². The number of carbonyl (C=O) groups excluding carboxylic acids is 2. The van der Waals surface area contributed by atoms with Gasteiger partial charge < -0.3 is 9.47 Å². The van der Waals surface area contributed by atoms with Gasteiger partial charge in [-0.15, -0.1) is 0 Å². The smallest absolute Gasteiger partial charge is 0.302 e. The van der Waals surface area contributed by atoms with E-state index in [1.807, 2.05) is 0 Å². The molecule has 0 unspecified atom stereocenters. The van der Waals surface area contributed by atoms with Crippen molar-refractivity contribution in [3.05, 3.63) is 47.4 Å². The summed E-state index contributed by atoms with van der Waals surface area (Å²) in [6.45, 7) is 2.39. The summed E-state index contributed by atoms with van der Waals surface area (Å²) in [5.74, 6) is -1.23. The highest BCUT2D eigenvalue weighted by Crippen LogP contribution is 2.24. The average molecular weight is 323 g/mol. The average Bonchev–Trinajstić information content (AvgIpc) is 2.89. The minimum absolute atomic E-state index is 0.0878. The topological polar surface area (TPSA) is 73.9 Å². The van der Waals surface area contributed by atoms with Gasteiger partial charge >= 0.3 is 11.9 Å². The zero-order valence-electron chi connectivity index (χ0n) is 12.9. The van der Waals surface area contributed by atoms with Crippen molar-refractivity contribution in [1.29, 1.82) is 0 Å². The van der Waals surface area contributed by atoms with Crippen LogP contribution in [0.1, 0.15) is 19.4 Å². The fourth-order valence-electron chi connectivity index (χ4n) is 2.08. The Morgan fingerprint density at radius 1 is 1.13 bits per heavy atom. The van der Waals surface area contributed by atoms with Gasteiger partial charge in [0.1, 0.15) is 19.0 Å².